The Labute approximate surface area is 177 Å². The van der Waals surface area contributed by atoms with E-state index in [9.17, 15) is 0 Å². The Balaban J connectivity index is 1.36. The number of nitrogens with zero attached hydrogens (tertiary/aromatic N) is 4. The molecular weight excluding hydrogens is 372 g/mol. The van der Waals surface area contributed by atoms with Gasteiger partial charge in [0.15, 0.2) is 5.82 Å². The quantitative estimate of drug-likeness (QED) is 0.486. The minimum Gasteiger partial charge on any atom is -0.383 e. The number of rotatable bonds is 6. The van der Waals surface area contributed by atoms with Gasteiger partial charge in [-0.2, -0.15) is 0 Å². The van der Waals surface area contributed by atoms with Crippen molar-refractivity contribution in [2.45, 2.75) is 26.1 Å². The van der Waals surface area contributed by atoms with Gasteiger partial charge >= 0.3 is 0 Å². The van der Waals surface area contributed by atoms with Gasteiger partial charge in [0.25, 0.3) is 0 Å². The molecule has 0 fully saturated rings. The topological polar surface area (TPSA) is 43.2 Å². The molecule has 4 aromatic rings. The number of hydrogen-bond acceptors (Lipinski definition) is 4. The van der Waals surface area contributed by atoms with Gasteiger partial charge in [0.2, 0.25) is 0 Å². The smallest absolute Gasteiger partial charge is 0.159 e. The van der Waals surface area contributed by atoms with Gasteiger partial charge in [-0.15, -0.1) is 0 Å². The molecule has 5 rings (SSSR count). The highest BCUT2D eigenvalue weighted by Gasteiger charge is 2.20. The van der Waals surface area contributed by atoms with E-state index in [-0.39, 0.29) is 0 Å². The molecule has 1 aliphatic rings. The van der Waals surface area contributed by atoms with Crippen LogP contribution in [0.25, 0.3) is 22.3 Å². The molecule has 0 bridgehead atoms. The molecule has 2 aromatic heterocycles. The van der Waals surface area contributed by atoms with Gasteiger partial charge in [0.1, 0.15) is 0 Å². The maximum Gasteiger partial charge on any atom is 0.159 e. The summed E-state index contributed by atoms with van der Waals surface area (Å²) in [7, 11) is 1.75. The van der Waals surface area contributed by atoms with Crippen molar-refractivity contribution in [1.29, 1.82) is 0 Å². The van der Waals surface area contributed by atoms with Crippen molar-refractivity contribution >= 4 is 10.9 Å². The van der Waals surface area contributed by atoms with Gasteiger partial charge in [-0.25, -0.2) is 9.97 Å². The summed E-state index contributed by atoms with van der Waals surface area (Å²) >= 11 is 0. The Bertz CT molecular complexity index is 1150. The first-order valence-electron chi connectivity index (χ1n) is 10.5. The van der Waals surface area contributed by atoms with Crippen molar-refractivity contribution < 1.29 is 4.74 Å². The molecule has 3 heterocycles. The van der Waals surface area contributed by atoms with Crippen LogP contribution < -0.4 is 0 Å². The zero-order valence-corrected chi connectivity index (χ0v) is 17.3. The predicted octanol–water partition coefficient (Wildman–Crippen LogP) is 4.30. The average Bonchev–Trinajstić information content (AvgIpc) is 3.15. The molecule has 2 aromatic carbocycles. The number of para-hydroxylation sites is 1. The van der Waals surface area contributed by atoms with E-state index < -0.39 is 0 Å². The van der Waals surface area contributed by atoms with Crippen LogP contribution in [-0.2, 0) is 30.8 Å². The third kappa shape index (κ3) is 3.74. The van der Waals surface area contributed by atoms with Gasteiger partial charge in [-0.05, 0) is 11.6 Å². The summed E-state index contributed by atoms with van der Waals surface area (Å²) in [6.07, 6.45) is 5.26. The summed E-state index contributed by atoms with van der Waals surface area (Å²) in [5, 5.41) is 1.33. The normalized spacial score (nSPS) is 14.2. The Morgan fingerprint density at radius 3 is 2.73 bits per heavy atom. The molecule has 0 spiro atoms. The maximum atomic E-state index is 5.29. The largest absolute Gasteiger partial charge is 0.383 e. The Morgan fingerprint density at radius 2 is 1.87 bits per heavy atom. The van der Waals surface area contributed by atoms with E-state index in [2.05, 4.69) is 57.0 Å². The van der Waals surface area contributed by atoms with Gasteiger partial charge in [0, 0.05) is 74.1 Å². The van der Waals surface area contributed by atoms with E-state index in [1.807, 2.05) is 24.4 Å². The van der Waals surface area contributed by atoms with Crippen LogP contribution in [0.4, 0.5) is 0 Å². The van der Waals surface area contributed by atoms with E-state index in [1.165, 1.54) is 27.7 Å². The van der Waals surface area contributed by atoms with Crippen LogP contribution >= 0.6 is 0 Å². The molecule has 0 N–H and O–H groups in total. The fourth-order valence-electron chi connectivity index (χ4n) is 4.30. The van der Waals surface area contributed by atoms with Crippen LogP contribution in [0.2, 0.25) is 0 Å². The van der Waals surface area contributed by atoms with E-state index in [0.717, 1.165) is 50.6 Å². The molecular formula is C25H26N4O. The second kappa shape index (κ2) is 8.38. The van der Waals surface area contributed by atoms with Gasteiger partial charge < -0.3 is 9.30 Å². The highest BCUT2D eigenvalue weighted by molar-refractivity contribution is 5.84. The summed E-state index contributed by atoms with van der Waals surface area (Å²) in [4.78, 5) is 12.0. The van der Waals surface area contributed by atoms with Crippen LogP contribution in [0, 0.1) is 0 Å². The maximum absolute atomic E-state index is 5.29. The average molecular weight is 399 g/mol. The predicted molar refractivity (Wildman–Crippen MR) is 119 cm³/mol. The summed E-state index contributed by atoms with van der Waals surface area (Å²) < 4.78 is 7.60. The van der Waals surface area contributed by atoms with Crippen LogP contribution in [0.5, 0.6) is 0 Å². The summed E-state index contributed by atoms with van der Waals surface area (Å²) in [5.74, 6) is 0.823. The first-order valence-corrected chi connectivity index (χ1v) is 10.5. The van der Waals surface area contributed by atoms with Gasteiger partial charge in [-0.1, -0.05) is 48.5 Å². The minimum absolute atomic E-state index is 0.719. The number of aromatic nitrogens is 3. The minimum atomic E-state index is 0.719. The molecule has 0 unspecified atom stereocenters. The first-order chi connectivity index (χ1) is 14.8. The molecule has 0 saturated heterocycles. The molecule has 152 valence electrons. The third-order valence-electron chi connectivity index (χ3n) is 5.85. The molecule has 0 atom stereocenters. The van der Waals surface area contributed by atoms with Crippen molar-refractivity contribution in [3.63, 3.8) is 0 Å². The highest BCUT2D eigenvalue weighted by atomic mass is 16.5. The number of benzene rings is 2. The lowest BCUT2D eigenvalue weighted by molar-refractivity contribution is 0.188. The zero-order chi connectivity index (χ0) is 20.3. The highest BCUT2D eigenvalue weighted by Crippen LogP contribution is 2.26. The fraction of sp³-hybridized carbons (Fsp3) is 0.280. The Morgan fingerprint density at radius 1 is 1.03 bits per heavy atom. The zero-order valence-electron chi connectivity index (χ0n) is 17.3. The van der Waals surface area contributed by atoms with E-state index in [1.54, 1.807) is 7.11 Å². The second-order valence-electron chi connectivity index (χ2n) is 7.85. The molecule has 0 radical (unpaired) electrons. The molecule has 5 nitrogen and oxygen atoms in total. The lowest BCUT2D eigenvalue weighted by atomic mass is 10.1. The molecule has 0 aliphatic carbocycles. The van der Waals surface area contributed by atoms with Crippen molar-refractivity contribution in [2.75, 3.05) is 20.3 Å². The van der Waals surface area contributed by atoms with E-state index in [0.29, 0.717) is 0 Å². The fourth-order valence-corrected chi connectivity index (χ4v) is 4.30. The van der Waals surface area contributed by atoms with Gasteiger partial charge in [-0.3, -0.25) is 4.90 Å². The Kier molecular flexibility index (Phi) is 5.30. The molecule has 0 amide bonds. The third-order valence-corrected chi connectivity index (χ3v) is 5.85. The van der Waals surface area contributed by atoms with Crippen LogP contribution in [0.1, 0.15) is 16.8 Å². The first kappa shape index (κ1) is 19.0. The van der Waals surface area contributed by atoms with Crippen LogP contribution in [-0.4, -0.2) is 39.7 Å². The monoisotopic (exact) mass is 398 g/mol. The number of fused-ring (bicyclic) bond motifs is 2. The molecule has 0 saturated carbocycles. The lowest BCUT2D eigenvalue weighted by Crippen LogP contribution is -2.30. The van der Waals surface area contributed by atoms with E-state index >= 15 is 0 Å². The number of methoxy groups -OCH3 is 1. The molecule has 30 heavy (non-hydrogen) atoms. The summed E-state index contributed by atoms with van der Waals surface area (Å²) in [6.45, 7) is 4.42. The standard InChI is InChI=1S/C25H26N4O/c1-30-14-13-29-18-21(22-9-5-6-10-24(22)29)17-28-12-11-23-20(16-28)15-26-25(27-23)19-7-3-2-4-8-19/h2-10,15,18H,11-14,16-17H2,1H3. The summed E-state index contributed by atoms with van der Waals surface area (Å²) in [5.41, 5.74) is 6.14. The summed E-state index contributed by atoms with van der Waals surface area (Å²) in [6, 6.07) is 18.9. The van der Waals surface area contributed by atoms with Crippen molar-refractivity contribution in [1.82, 2.24) is 19.4 Å². The van der Waals surface area contributed by atoms with Crippen molar-refractivity contribution in [3.8, 4) is 11.4 Å². The molecule has 5 heteroatoms. The van der Waals surface area contributed by atoms with E-state index in [4.69, 9.17) is 9.72 Å². The SMILES string of the molecule is COCCn1cc(CN2CCc3nc(-c4ccccc4)ncc3C2)c2ccccc21. The van der Waals surface area contributed by atoms with Crippen molar-refractivity contribution in [2.24, 2.45) is 0 Å². The number of hydrogen-bond donors (Lipinski definition) is 0. The second-order valence-corrected chi connectivity index (χ2v) is 7.85. The number of ether oxygens (including phenoxy) is 1. The van der Waals surface area contributed by atoms with Crippen molar-refractivity contribution in [3.05, 3.63) is 83.8 Å². The Hall–Kier alpha value is -3.02. The van der Waals surface area contributed by atoms with Crippen LogP contribution in [0.3, 0.4) is 0 Å². The molecule has 1 aliphatic heterocycles. The van der Waals surface area contributed by atoms with Gasteiger partial charge in [0.05, 0.1) is 12.3 Å². The van der Waals surface area contributed by atoms with Crippen LogP contribution in [0.15, 0.2) is 67.0 Å². The lowest BCUT2D eigenvalue weighted by Gasteiger charge is -2.28.